The van der Waals surface area contributed by atoms with Gasteiger partial charge in [0.25, 0.3) is 0 Å². The van der Waals surface area contributed by atoms with Crippen LogP contribution in [0.15, 0.2) is 41.0 Å². The summed E-state index contributed by atoms with van der Waals surface area (Å²) >= 11 is -1.57. The Hall–Kier alpha value is 0.640. The number of unbranched alkanes of at least 4 members (excludes halogenated alkanes) is 2. The molecule has 0 aliphatic heterocycles. The molecule has 2 rings (SSSR count). The molecule has 26 heavy (non-hydrogen) atoms. The molecule has 0 amide bonds. The molecule has 0 aromatic heterocycles. The van der Waals surface area contributed by atoms with Crippen LogP contribution in [0.3, 0.4) is 0 Å². The Morgan fingerprint density at radius 1 is 0.808 bits per heavy atom. The van der Waals surface area contributed by atoms with Gasteiger partial charge < -0.3 is 0 Å². The first-order valence-corrected chi connectivity index (χ1v) is 19.8. The van der Waals surface area contributed by atoms with Gasteiger partial charge in [0.05, 0.1) is 0 Å². The smallest absolute Gasteiger partial charge is 0.147 e. The Labute approximate surface area is 183 Å². The fourth-order valence-electron chi connectivity index (χ4n) is 4.27. The molecule has 0 aromatic carbocycles. The van der Waals surface area contributed by atoms with Gasteiger partial charge in [0, 0.05) is 0 Å². The maximum absolute atomic E-state index is 2.64. The first kappa shape index (κ1) is 26.6. The summed E-state index contributed by atoms with van der Waals surface area (Å²) in [5.41, 5.74) is 6.88. The van der Waals surface area contributed by atoms with Crippen LogP contribution >= 0.6 is 24.8 Å². The molecule has 0 aromatic rings. The van der Waals surface area contributed by atoms with E-state index < -0.39 is 26.8 Å². The van der Waals surface area contributed by atoms with Crippen molar-refractivity contribution >= 4 is 30.7 Å². The molecular formula is C22H39Cl2SiZr. The Bertz CT molecular complexity index is 537. The van der Waals surface area contributed by atoms with Crippen LogP contribution in [0.4, 0.5) is 0 Å². The molecule has 2 aliphatic carbocycles. The Morgan fingerprint density at radius 2 is 1.19 bits per heavy atom. The number of hydrogen-bond acceptors (Lipinski definition) is 0. The number of allylic oxidation sites excluding steroid dienone is 8. The first-order valence-electron chi connectivity index (χ1n) is 10.2. The van der Waals surface area contributed by atoms with E-state index in [9.17, 15) is 0 Å². The third-order valence-electron chi connectivity index (χ3n) is 5.80. The van der Waals surface area contributed by atoms with Gasteiger partial charge in [0.2, 0.25) is 0 Å². The van der Waals surface area contributed by atoms with Gasteiger partial charge in [-0.15, -0.1) is 24.8 Å². The van der Waals surface area contributed by atoms with E-state index in [2.05, 4.69) is 52.9 Å². The van der Waals surface area contributed by atoms with Crippen molar-refractivity contribution in [1.29, 1.82) is 0 Å². The fourth-order valence-corrected chi connectivity index (χ4v) is 25.1. The van der Waals surface area contributed by atoms with Crippen molar-refractivity contribution < 1.29 is 20.9 Å². The molecular weight excluding hydrogens is 454 g/mol. The normalized spacial score (nSPS) is 16.6. The minimum atomic E-state index is -1.57. The van der Waals surface area contributed by atoms with E-state index >= 15 is 0 Å². The van der Waals surface area contributed by atoms with E-state index in [1.165, 1.54) is 51.4 Å². The average Bonchev–Trinajstić information content (AvgIpc) is 3.08. The van der Waals surface area contributed by atoms with Crippen LogP contribution in [0.25, 0.3) is 0 Å². The third kappa shape index (κ3) is 6.33. The second-order valence-corrected chi connectivity index (χ2v) is 27.1. The predicted molar refractivity (Wildman–Crippen MR) is 123 cm³/mol. The van der Waals surface area contributed by atoms with Crippen molar-refractivity contribution in [3.8, 4) is 0 Å². The van der Waals surface area contributed by atoms with Gasteiger partial charge in [-0.2, -0.15) is 0 Å². The zero-order chi connectivity index (χ0) is 17.7. The summed E-state index contributed by atoms with van der Waals surface area (Å²) in [6, 6.07) is 0. The third-order valence-corrected chi connectivity index (χ3v) is 25.6. The summed E-state index contributed by atoms with van der Waals surface area (Å²) in [5.74, 6) is -0.563. The molecule has 149 valence electrons. The Morgan fingerprint density at radius 3 is 1.50 bits per heavy atom. The van der Waals surface area contributed by atoms with Crippen molar-refractivity contribution in [2.75, 3.05) is 0 Å². The molecule has 4 heteroatoms. The molecule has 0 saturated heterocycles. The van der Waals surface area contributed by atoms with Crippen molar-refractivity contribution in [2.45, 2.75) is 92.2 Å². The molecule has 0 spiro atoms. The van der Waals surface area contributed by atoms with Gasteiger partial charge in [-0.25, -0.2) is 0 Å². The van der Waals surface area contributed by atoms with Crippen molar-refractivity contribution in [3.63, 3.8) is 0 Å². The van der Waals surface area contributed by atoms with Crippen LogP contribution in [-0.2, 0) is 20.9 Å². The van der Waals surface area contributed by atoms with Gasteiger partial charge in [-0.1, -0.05) is 0 Å². The Balaban J connectivity index is 0.00000312. The molecule has 0 nitrogen and oxygen atoms in total. The van der Waals surface area contributed by atoms with Crippen LogP contribution in [0, 0.1) is 0 Å². The van der Waals surface area contributed by atoms with E-state index in [0.717, 1.165) is 0 Å². The van der Waals surface area contributed by atoms with Crippen LogP contribution < -0.4 is 0 Å². The van der Waals surface area contributed by atoms with E-state index in [0.29, 0.717) is 0 Å². The van der Waals surface area contributed by atoms with Crippen LogP contribution in [-0.4, -0.2) is 5.92 Å². The van der Waals surface area contributed by atoms with Gasteiger partial charge in [0.15, 0.2) is 0 Å². The monoisotopic (exact) mass is 491 g/mol. The molecule has 0 unspecified atom stereocenters. The van der Waals surface area contributed by atoms with E-state index in [-0.39, 0.29) is 24.8 Å². The quantitative estimate of drug-likeness (QED) is 0.285. The summed E-state index contributed by atoms with van der Waals surface area (Å²) in [5, 5.41) is 0. The van der Waals surface area contributed by atoms with Gasteiger partial charge in [-0.3, -0.25) is 0 Å². The fraction of sp³-hybridized carbons (Fsp3) is 0.636. The SMILES string of the molecule is CCCCC1=CC[C]([Zr]([C]2=C(C)C(CCCC)=CC2)[SiH](C)C)=C1C.Cl.Cl. The zero-order valence-corrected chi connectivity index (χ0v) is 23.0. The molecule has 0 radical (unpaired) electrons. The second-order valence-electron chi connectivity index (χ2n) is 7.85. The van der Waals surface area contributed by atoms with Gasteiger partial charge in [-0.05, 0) is 0 Å². The zero-order valence-electron chi connectivity index (χ0n) is 17.7. The molecule has 0 fully saturated rings. The minimum Gasteiger partial charge on any atom is -0.147 e. The topological polar surface area (TPSA) is 0 Å². The molecule has 0 bridgehead atoms. The van der Waals surface area contributed by atoms with Crippen LogP contribution in [0.5, 0.6) is 0 Å². The standard InChI is InChI=1S/2C10H15.C2H7Si.2ClH.Zr/c2*1-3-4-7-10-8-5-6-9(10)2;1-3-2;;;/h2*8H,3-5,7H2,1-2H3;3H,1-2H3;2*1H;. The van der Waals surface area contributed by atoms with Crippen molar-refractivity contribution in [2.24, 2.45) is 0 Å². The summed E-state index contributed by atoms with van der Waals surface area (Å²) in [6.07, 6.45) is 15.8. The summed E-state index contributed by atoms with van der Waals surface area (Å²) in [6.45, 7) is 14.8. The second kappa shape index (κ2) is 13.0. The number of hydrogen-bond donors (Lipinski definition) is 0. The van der Waals surface area contributed by atoms with E-state index in [1.54, 1.807) is 22.3 Å². The first-order chi connectivity index (χ1) is 11.5. The summed E-state index contributed by atoms with van der Waals surface area (Å²) in [4.78, 5) is 0. The van der Waals surface area contributed by atoms with Gasteiger partial charge >= 0.3 is 160 Å². The Kier molecular flexibility index (Phi) is 13.3. The molecule has 0 saturated carbocycles. The summed E-state index contributed by atoms with van der Waals surface area (Å²) < 4.78 is 3.95. The average molecular weight is 494 g/mol. The number of halogens is 2. The van der Waals surface area contributed by atoms with Crippen LogP contribution in [0.1, 0.15) is 79.1 Å². The van der Waals surface area contributed by atoms with E-state index in [4.69, 9.17) is 0 Å². The predicted octanol–water partition coefficient (Wildman–Crippen LogP) is 8.02. The maximum atomic E-state index is 2.64. The van der Waals surface area contributed by atoms with Crippen molar-refractivity contribution in [1.82, 2.24) is 0 Å². The van der Waals surface area contributed by atoms with Crippen molar-refractivity contribution in [3.05, 3.63) is 41.0 Å². The van der Waals surface area contributed by atoms with Gasteiger partial charge in [0.1, 0.15) is 0 Å². The van der Waals surface area contributed by atoms with Crippen LogP contribution in [0.2, 0.25) is 13.1 Å². The molecule has 0 N–H and O–H groups in total. The number of rotatable bonds is 9. The summed E-state index contributed by atoms with van der Waals surface area (Å²) in [7, 11) is 0. The molecule has 2 aliphatic rings. The minimum absolute atomic E-state index is 0. The largest absolute Gasteiger partial charge is 0.147 e. The van der Waals surface area contributed by atoms with E-state index in [1.807, 2.05) is 6.56 Å². The molecule has 0 atom stereocenters. The molecule has 0 heterocycles. The maximum Gasteiger partial charge on any atom is -0.147 e.